The standard InChI is InChI=1S/C16H23NP2/c1-18(2)11-10-15-9-8-13-6-5-7-14(12-19(3)4)16(13)17-15/h5-9H,10-12H2,1-4H3. The lowest BCUT2D eigenvalue weighted by atomic mass is 10.1. The van der Waals surface area contributed by atoms with Gasteiger partial charge in [-0.15, -0.1) is 15.8 Å². The monoisotopic (exact) mass is 291 g/mol. The fourth-order valence-corrected chi connectivity index (χ4v) is 3.81. The molecule has 0 amide bonds. The first-order valence-corrected chi connectivity index (χ1v) is 11.6. The second-order valence-electron chi connectivity index (χ2n) is 5.58. The zero-order valence-electron chi connectivity index (χ0n) is 12.3. The minimum atomic E-state index is 0.0854. The van der Waals surface area contributed by atoms with Gasteiger partial charge in [-0.1, -0.05) is 24.3 Å². The smallest absolute Gasteiger partial charge is 0.0740 e. The summed E-state index contributed by atoms with van der Waals surface area (Å²) in [5.41, 5.74) is 3.91. The predicted octanol–water partition coefficient (Wildman–Crippen LogP) is 4.76. The van der Waals surface area contributed by atoms with Crippen LogP contribution < -0.4 is 0 Å². The number of hydrogen-bond acceptors (Lipinski definition) is 1. The van der Waals surface area contributed by atoms with Crippen molar-refractivity contribution >= 4 is 26.7 Å². The third-order valence-electron chi connectivity index (χ3n) is 3.16. The summed E-state index contributed by atoms with van der Waals surface area (Å²) >= 11 is 0. The van der Waals surface area contributed by atoms with Crippen molar-refractivity contribution < 1.29 is 0 Å². The maximum Gasteiger partial charge on any atom is 0.0740 e. The van der Waals surface area contributed by atoms with Crippen LogP contribution in [-0.2, 0) is 12.6 Å². The van der Waals surface area contributed by atoms with Gasteiger partial charge in [0.05, 0.1) is 5.52 Å². The average molecular weight is 291 g/mol. The van der Waals surface area contributed by atoms with Crippen molar-refractivity contribution in [3.05, 3.63) is 41.6 Å². The van der Waals surface area contributed by atoms with Crippen LogP contribution in [0.1, 0.15) is 11.3 Å². The Hall–Kier alpha value is -0.510. The number of pyridine rings is 1. The van der Waals surface area contributed by atoms with Crippen molar-refractivity contribution in [1.29, 1.82) is 0 Å². The fraction of sp³-hybridized carbons (Fsp3) is 0.438. The first-order chi connectivity index (χ1) is 9.06. The summed E-state index contributed by atoms with van der Waals surface area (Å²) < 4.78 is 0. The maximum absolute atomic E-state index is 4.92. The Morgan fingerprint density at radius 1 is 0.947 bits per heavy atom. The van der Waals surface area contributed by atoms with Crippen molar-refractivity contribution in [2.75, 3.05) is 32.8 Å². The highest BCUT2D eigenvalue weighted by Crippen LogP contribution is 2.33. The van der Waals surface area contributed by atoms with Crippen LogP contribution in [-0.4, -0.2) is 37.8 Å². The van der Waals surface area contributed by atoms with Gasteiger partial charge in [-0.25, -0.2) is 0 Å². The molecule has 0 unspecified atom stereocenters. The Morgan fingerprint density at radius 3 is 2.42 bits per heavy atom. The molecule has 0 N–H and O–H groups in total. The molecular weight excluding hydrogens is 268 g/mol. The van der Waals surface area contributed by atoms with E-state index in [1.165, 1.54) is 34.5 Å². The molecule has 0 radical (unpaired) electrons. The van der Waals surface area contributed by atoms with Crippen molar-refractivity contribution in [2.24, 2.45) is 0 Å². The van der Waals surface area contributed by atoms with E-state index < -0.39 is 0 Å². The lowest BCUT2D eigenvalue weighted by molar-refractivity contribution is 1.06. The summed E-state index contributed by atoms with van der Waals surface area (Å²) in [5, 5.41) is 1.29. The number of benzene rings is 1. The van der Waals surface area contributed by atoms with Crippen LogP contribution in [0.2, 0.25) is 0 Å². The van der Waals surface area contributed by atoms with E-state index in [0.717, 1.165) is 6.42 Å². The molecule has 0 aliphatic heterocycles. The molecule has 0 atom stereocenters. The number of aromatic nitrogens is 1. The third kappa shape index (κ3) is 4.23. The quantitative estimate of drug-likeness (QED) is 0.724. The predicted molar refractivity (Wildman–Crippen MR) is 91.6 cm³/mol. The van der Waals surface area contributed by atoms with Crippen molar-refractivity contribution in [1.82, 2.24) is 4.98 Å². The van der Waals surface area contributed by atoms with E-state index in [1.807, 2.05) is 0 Å². The van der Waals surface area contributed by atoms with Gasteiger partial charge in [0.15, 0.2) is 0 Å². The van der Waals surface area contributed by atoms with E-state index >= 15 is 0 Å². The zero-order chi connectivity index (χ0) is 13.8. The number of nitrogens with zero attached hydrogens (tertiary/aromatic N) is 1. The number of para-hydroxylation sites is 1. The van der Waals surface area contributed by atoms with Gasteiger partial charge in [0.2, 0.25) is 0 Å². The van der Waals surface area contributed by atoms with Crippen LogP contribution >= 0.6 is 15.8 Å². The summed E-state index contributed by atoms with van der Waals surface area (Å²) in [6, 6.07) is 11.0. The van der Waals surface area contributed by atoms with E-state index in [-0.39, 0.29) is 15.8 Å². The van der Waals surface area contributed by atoms with Crippen LogP contribution in [0.4, 0.5) is 0 Å². The minimum absolute atomic E-state index is 0.0854. The number of aryl methyl sites for hydroxylation is 1. The molecular formula is C16H23NP2. The van der Waals surface area contributed by atoms with E-state index in [1.54, 1.807) is 0 Å². The van der Waals surface area contributed by atoms with Gasteiger partial charge in [0, 0.05) is 11.1 Å². The van der Waals surface area contributed by atoms with Crippen molar-refractivity contribution in [3.63, 3.8) is 0 Å². The van der Waals surface area contributed by atoms with E-state index in [0.29, 0.717) is 0 Å². The van der Waals surface area contributed by atoms with Crippen molar-refractivity contribution in [3.8, 4) is 0 Å². The SMILES string of the molecule is CP(C)CCc1ccc2cccc(CP(C)C)c2n1. The molecule has 0 fully saturated rings. The van der Waals surface area contributed by atoms with Gasteiger partial charge < -0.3 is 0 Å². The first-order valence-electron chi connectivity index (χ1n) is 6.73. The van der Waals surface area contributed by atoms with Crippen LogP contribution in [0.3, 0.4) is 0 Å². The minimum Gasteiger partial charge on any atom is -0.253 e. The van der Waals surface area contributed by atoms with Gasteiger partial charge in [-0.05, 0) is 57.0 Å². The van der Waals surface area contributed by atoms with Gasteiger partial charge in [-0.2, -0.15) is 0 Å². The second-order valence-corrected chi connectivity index (χ2v) is 10.7. The topological polar surface area (TPSA) is 12.9 Å². The Labute approximate surface area is 119 Å². The van der Waals surface area contributed by atoms with Crippen molar-refractivity contribution in [2.45, 2.75) is 12.6 Å². The Kier molecular flexibility index (Phi) is 5.31. The van der Waals surface area contributed by atoms with Gasteiger partial charge in [0.1, 0.15) is 0 Å². The highest BCUT2D eigenvalue weighted by molar-refractivity contribution is 7.56. The summed E-state index contributed by atoms with van der Waals surface area (Å²) in [5.74, 6) is 0. The van der Waals surface area contributed by atoms with Gasteiger partial charge in [-0.3, -0.25) is 4.98 Å². The molecule has 0 saturated carbocycles. The Bertz CT molecular complexity index is 549. The molecule has 3 heteroatoms. The fourth-order valence-electron chi connectivity index (χ4n) is 2.19. The molecule has 1 aromatic carbocycles. The lowest BCUT2D eigenvalue weighted by Gasteiger charge is -2.11. The number of rotatable bonds is 5. The normalized spacial score (nSPS) is 11.7. The average Bonchev–Trinajstić information content (AvgIpc) is 2.36. The third-order valence-corrected chi connectivity index (χ3v) is 5.25. The number of hydrogen-bond donors (Lipinski definition) is 0. The van der Waals surface area contributed by atoms with E-state index in [4.69, 9.17) is 4.98 Å². The molecule has 0 aliphatic rings. The summed E-state index contributed by atoms with van der Waals surface area (Å²) in [7, 11) is 0.260. The Balaban J connectivity index is 2.33. The van der Waals surface area contributed by atoms with Crippen LogP contribution in [0.25, 0.3) is 10.9 Å². The molecule has 1 aromatic heterocycles. The maximum atomic E-state index is 4.92. The molecule has 2 rings (SSSR count). The molecule has 0 saturated heterocycles. The van der Waals surface area contributed by atoms with E-state index in [2.05, 4.69) is 57.0 Å². The molecule has 1 heterocycles. The lowest BCUT2D eigenvalue weighted by Crippen LogP contribution is -1.96. The molecule has 19 heavy (non-hydrogen) atoms. The highest BCUT2D eigenvalue weighted by Gasteiger charge is 2.06. The molecule has 2 aromatic rings. The summed E-state index contributed by atoms with van der Waals surface area (Å²) in [6.07, 6.45) is 3.58. The van der Waals surface area contributed by atoms with Crippen LogP contribution in [0.15, 0.2) is 30.3 Å². The first kappa shape index (κ1) is 14.9. The van der Waals surface area contributed by atoms with Gasteiger partial charge >= 0.3 is 0 Å². The number of fused-ring (bicyclic) bond motifs is 1. The molecule has 0 spiro atoms. The molecule has 102 valence electrons. The molecule has 1 nitrogen and oxygen atoms in total. The van der Waals surface area contributed by atoms with Crippen LogP contribution in [0.5, 0.6) is 0 Å². The largest absolute Gasteiger partial charge is 0.253 e. The molecule has 0 bridgehead atoms. The highest BCUT2D eigenvalue weighted by atomic mass is 31.1. The summed E-state index contributed by atoms with van der Waals surface area (Å²) in [4.78, 5) is 4.92. The molecule has 0 aliphatic carbocycles. The second kappa shape index (κ2) is 6.78. The zero-order valence-corrected chi connectivity index (χ0v) is 14.1. The summed E-state index contributed by atoms with van der Waals surface area (Å²) in [6.45, 7) is 9.34. The Morgan fingerprint density at radius 2 is 1.74 bits per heavy atom. The van der Waals surface area contributed by atoms with Crippen LogP contribution in [0, 0.1) is 0 Å². The van der Waals surface area contributed by atoms with E-state index in [9.17, 15) is 0 Å². The van der Waals surface area contributed by atoms with Gasteiger partial charge in [0.25, 0.3) is 0 Å².